The summed E-state index contributed by atoms with van der Waals surface area (Å²) in [6, 6.07) is 15.3. The van der Waals surface area contributed by atoms with Gasteiger partial charge in [0.25, 0.3) is 0 Å². The van der Waals surface area contributed by atoms with Gasteiger partial charge in [0.2, 0.25) is 0 Å². The van der Waals surface area contributed by atoms with Gasteiger partial charge in [0.15, 0.2) is 0 Å². The number of fused-ring (bicyclic) bond motifs is 7. The van der Waals surface area contributed by atoms with E-state index in [0.29, 0.717) is 0 Å². The summed E-state index contributed by atoms with van der Waals surface area (Å²) in [6.07, 6.45) is 11.7. The molecular formula is C48H50. The summed E-state index contributed by atoms with van der Waals surface area (Å²) in [4.78, 5) is 0. The molecule has 0 aromatic heterocycles. The molecule has 7 aromatic carbocycles. The van der Waals surface area contributed by atoms with Gasteiger partial charge >= 0.3 is 0 Å². The molecule has 0 heterocycles. The minimum atomic E-state index is 0.0389. The second-order valence-corrected chi connectivity index (χ2v) is 19.3. The number of rotatable bonds is 0. The van der Waals surface area contributed by atoms with Gasteiger partial charge in [0.1, 0.15) is 0 Å². The maximum Gasteiger partial charge on any atom is -0.00135 e. The average Bonchev–Trinajstić information content (AvgIpc) is 3.49. The van der Waals surface area contributed by atoms with Gasteiger partial charge in [-0.25, -0.2) is 0 Å². The first kappa shape index (κ1) is 30.2. The van der Waals surface area contributed by atoms with Gasteiger partial charge in [0, 0.05) is 0 Å². The normalized spacial score (nSPS) is 15.6. The Morgan fingerprint density at radius 2 is 0.667 bits per heavy atom. The van der Waals surface area contributed by atoms with Crippen LogP contribution in [0.4, 0.5) is 0 Å². The lowest BCUT2D eigenvalue weighted by atomic mass is 9.74. The van der Waals surface area contributed by atoms with E-state index in [4.69, 9.17) is 0 Å². The van der Waals surface area contributed by atoms with E-state index >= 15 is 0 Å². The highest BCUT2D eigenvalue weighted by atomic mass is 14.4. The van der Waals surface area contributed by atoms with Crippen molar-refractivity contribution in [2.45, 2.75) is 118 Å². The van der Waals surface area contributed by atoms with Gasteiger partial charge in [0.05, 0.1) is 0 Å². The second-order valence-electron chi connectivity index (χ2n) is 19.3. The Morgan fingerprint density at radius 3 is 1.00 bits per heavy atom. The van der Waals surface area contributed by atoms with Crippen LogP contribution in [0.25, 0.3) is 76.8 Å². The summed E-state index contributed by atoms with van der Waals surface area (Å²) < 4.78 is 0. The smallest absolute Gasteiger partial charge is 0.00135 e. The van der Waals surface area contributed by atoms with Crippen molar-refractivity contribution >= 4 is 76.8 Å². The van der Waals surface area contributed by atoms with Gasteiger partial charge in [-0.1, -0.05) is 120 Å². The minimum Gasteiger partial charge on any atom is -0.0795 e. The first-order valence-electron chi connectivity index (χ1n) is 18.2. The highest BCUT2D eigenvalue weighted by molar-refractivity contribution is 6.44. The lowest BCUT2D eigenvalue weighted by molar-refractivity contribution is 0.584. The molecule has 9 rings (SSSR count). The molecule has 7 aromatic rings. The first-order chi connectivity index (χ1) is 22.4. The minimum absolute atomic E-state index is 0.0389. The number of hydrogen-bond donors (Lipinski definition) is 0. The molecule has 0 amide bonds. The maximum atomic E-state index is 2.62. The van der Waals surface area contributed by atoms with Crippen LogP contribution in [-0.4, -0.2) is 0 Å². The Labute approximate surface area is 286 Å². The van der Waals surface area contributed by atoms with E-state index in [1.807, 2.05) is 0 Å². The zero-order valence-corrected chi connectivity index (χ0v) is 31.2. The van der Waals surface area contributed by atoms with Crippen LogP contribution in [0.15, 0.2) is 48.6 Å². The summed E-state index contributed by atoms with van der Waals surface area (Å²) >= 11 is 0. The van der Waals surface area contributed by atoms with Crippen molar-refractivity contribution in [1.82, 2.24) is 0 Å². The quantitative estimate of drug-likeness (QED) is 0.157. The molecule has 0 saturated carbocycles. The van der Waals surface area contributed by atoms with Gasteiger partial charge in [-0.3, -0.25) is 0 Å². The lowest BCUT2D eigenvalue weighted by Gasteiger charge is -2.30. The molecule has 0 spiro atoms. The van der Waals surface area contributed by atoms with E-state index in [2.05, 4.69) is 144 Å². The highest BCUT2D eigenvalue weighted by Crippen LogP contribution is 2.55. The van der Waals surface area contributed by atoms with Crippen molar-refractivity contribution in [3.63, 3.8) is 0 Å². The van der Waals surface area contributed by atoms with E-state index in [1.54, 1.807) is 0 Å². The van der Waals surface area contributed by atoms with Crippen LogP contribution in [0.2, 0.25) is 0 Å². The summed E-state index contributed by atoms with van der Waals surface area (Å²) in [7, 11) is 0. The van der Waals surface area contributed by atoms with Crippen LogP contribution in [0.5, 0.6) is 0 Å². The Hall–Kier alpha value is -3.90. The largest absolute Gasteiger partial charge is 0.0795 e. The SMILES string of the molecule is CC(C)(C)c1cc2c3ccc4c5cc(C(C)(C)C)c6c7c(c(C(C)(C)C)cc(c75)c4c3c3cc(C(C)(C)C)c4c(c1C=CC4)c23)CC=C6. The van der Waals surface area contributed by atoms with Crippen LogP contribution in [0.3, 0.4) is 0 Å². The molecule has 0 atom stereocenters. The maximum absolute atomic E-state index is 2.62. The molecule has 0 aliphatic heterocycles. The highest BCUT2D eigenvalue weighted by Gasteiger charge is 2.33. The van der Waals surface area contributed by atoms with Crippen molar-refractivity contribution in [2.75, 3.05) is 0 Å². The molecule has 0 fully saturated rings. The molecule has 0 radical (unpaired) electrons. The van der Waals surface area contributed by atoms with Crippen molar-refractivity contribution in [1.29, 1.82) is 0 Å². The van der Waals surface area contributed by atoms with E-state index in [0.717, 1.165) is 12.8 Å². The monoisotopic (exact) mass is 626 g/mol. The molecule has 2 aliphatic rings. The zero-order chi connectivity index (χ0) is 34.0. The Morgan fingerprint density at radius 1 is 0.354 bits per heavy atom. The van der Waals surface area contributed by atoms with E-state index in [9.17, 15) is 0 Å². The third-order valence-corrected chi connectivity index (χ3v) is 11.9. The fraction of sp³-hybridized carbons (Fsp3) is 0.375. The molecule has 0 bridgehead atoms. The van der Waals surface area contributed by atoms with Crippen molar-refractivity contribution in [2.24, 2.45) is 0 Å². The Balaban J connectivity index is 1.61. The molecule has 48 heavy (non-hydrogen) atoms. The van der Waals surface area contributed by atoms with Gasteiger partial charge < -0.3 is 0 Å². The van der Waals surface area contributed by atoms with E-state index < -0.39 is 0 Å². The van der Waals surface area contributed by atoms with E-state index in [1.165, 1.54) is 109 Å². The average molecular weight is 627 g/mol. The molecule has 0 heteroatoms. The molecule has 0 nitrogen and oxygen atoms in total. The summed E-state index contributed by atoms with van der Waals surface area (Å²) in [5.74, 6) is 0. The van der Waals surface area contributed by atoms with Crippen molar-refractivity contribution in [3.05, 3.63) is 93.1 Å². The van der Waals surface area contributed by atoms with Crippen molar-refractivity contribution < 1.29 is 0 Å². The second kappa shape index (κ2) is 9.01. The van der Waals surface area contributed by atoms with E-state index in [-0.39, 0.29) is 21.7 Å². The lowest BCUT2D eigenvalue weighted by Crippen LogP contribution is -2.18. The number of hydrogen-bond acceptors (Lipinski definition) is 0. The molecular weight excluding hydrogens is 577 g/mol. The van der Waals surface area contributed by atoms with Crippen LogP contribution >= 0.6 is 0 Å². The van der Waals surface area contributed by atoms with Crippen LogP contribution < -0.4 is 0 Å². The van der Waals surface area contributed by atoms with Crippen LogP contribution in [-0.2, 0) is 34.5 Å². The summed E-state index contributed by atoms with van der Waals surface area (Å²) in [6.45, 7) is 28.8. The molecule has 0 saturated heterocycles. The summed E-state index contributed by atoms with van der Waals surface area (Å²) in [5, 5.41) is 17.5. The van der Waals surface area contributed by atoms with Gasteiger partial charge in [-0.2, -0.15) is 0 Å². The summed E-state index contributed by atoms with van der Waals surface area (Å²) in [5.41, 5.74) is 12.0. The number of benzene rings is 5. The van der Waals surface area contributed by atoms with Crippen LogP contribution in [0.1, 0.15) is 128 Å². The van der Waals surface area contributed by atoms with Gasteiger partial charge in [-0.05, 0) is 168 Å². The Bertz CT molecular complexity index is 2420. The predicted octanol–water partition coefficient (Wildman–Crippen LogP) is 13.8. The standard InChI is InChI=1S/C48H50/c1-45(2,3)35-21-31-25-19-20-26-32-22-36(46(4,5)6)28-16-14-18-30-38(48(10,11)12)24-34(44(32)42(28)30)40(26)39(25)33-23-37(47(7,8)9)29-17-13-15-27(35)41(29)43(31)33/h13-16,19-24H,17-18H2,1-12H3. The van der Waals surface area contributed by atoms with Gasteiger partial charge in [-0.15, -0.1) is 0 Å². The first-order valence-corrected chi connectivity index (χ1v) is 18.2. The fourth-order valence-corrected chi connectivity index (χ4v) is 9.83. The molecule has 0 N–H and O–H groups in total. The molecule has 0 unspecified atom stereocenters. The predicted molar refractivity (Wildman–Crippen MR) is 214 cm³/mol. The third kappa shape index (κ3) is 3.78. The van der Waals surface area contributed by atoms with Crippen molar-refractivity contribution in [3.8, 4) is 0 Å². The number of allylic oxidation sites excluding steroid dienone is 2. The third-order valence-electron chi connectivity index (χ3n) is 11.9. The zero-order valence-electron chi connectivity index (χ0n) is 31.2. The van der Waals surface area contributed by atoms with Crippen LogP contribution in [0, 0.1) is 0 Å². The molecule has 2 aliphatic carbocycles. The molecule has 242 valence electrons. The Kier molecular flexibility index (Phi) is 5.66. The topological polar surface area (TPSA) is 0 Å². The fourth-order valence-electron chi connectivity index (χ4n) is 9.83.